The molecule has 2 unspecified atom stereocenters. The monoisotopic (exact) mass is 457 g/mol. The quantitative estimate of drug-likeness (QED) is 0.345. The summed E-state index contributed by atoms with van der Waals surface area (Å²) in [6.45, 7) is 1.17. The minimum atomic E-state index is -3.09. The van der Waals surface area contributed by atoms with Gasteiger partial charge in [-0.05, 0) is 48.7 Å². The molecular weight excluding hydrogens is 428 g/mol. The van der Waals surface area contributed by atoms with Crippen molar-refractivity contribution >= 4 is 0 Å². The largest absolute Gasteiger partial charge is 0.508 e. The SMILES string of the molecule is CC(Cc1cccc(OCC(F)(F)c2ccccc2)c1)NCC(O)c1ccc(O)c(CO)c1. The van der Waals surface area contributed by atoms with Gasteiger partial charge in [0.1, 0.15) is 11.5 Å². The van der Waals surface area contributed by atoms with E-state index >= 15 is 0 Å². The van der Waals surface area contributed by atoms with Gasteiger partial charge >= 0.3 is 5.92 Å². The lowest BCUT2D eigenvalue weighted by Crippen LogP contribution is -2.32. The summed E-state index contributed by atoms with van der Waals surface area (Å²) in [5, 5.41) is 32.6. The zero-order chi connectivity index (χ0) is 23.8. The van der Waals surface area contributed by atoms with Crippen LogP contribution in [0.2, 0.25) is 0 Å². The lowest BCUT2D eigenvalue weighted by atomic mass is 10.0. The molecule has 3 aromatic carbocycles. The van der Waals surface area contributed by atoms with Gasteiger partial charge in [0.05, 0.1) is 12.7 Å². The molecule has 0 aromatic heterocycles. The molecule has 0 amide bonds. The van der Waals surface area contributed by atoms with Crippen molar-refractivity contribution in [3.63, 3.8) is 0 Å². The van der Waals surface area contributed by atoms with Crippen molar-refractivity contribution in [2.45, 2.75) is 38.0 Å². The van der Waals surface area contributed by atoms with Gasteiger partial charge in [0, 0.05) is 23.7 Å². The van der Waals surface area contributed by atoms with Gasteiger partial charge in [-0.3, -0.25) is 0 Å². The molecule has 3 aromatic rings. The molecule has 0 aliphatic rings. The Bertz CT molecular complexity index is 1030. The van der Waals surface area contributed by atoms with E-state index in [9.17, 15) is 24.1 Å². The third-order valence-electron chi connectivity index (χ3n) is 5.37. The highest BCUT2D eigenvalue weighted by Crippen LogP contribution is 2.29. The molecule has 0 radical (unpaired) electrons. The number of rotatable bonds is 11. The number of aromatic hydroxyl groups is 1. The van der Waals surface area contributed by atoms with Gasteiger partial charge in [-0.15, -0.1) is 0 Å². The van der Waals surface area contributed by atoms with Crippen molar-refractivity contribution < 1.29 is 28.8 Å². The van der Waals surface area contributed by atoms with E-state index in [1.54, 1.807) is 48.5 Å². The highest BCUT2D eigenvalue weighted by Gasteiger charge is 2.32. The first-order chi connectivity index (χ1) is 15.8. The number of phenols is 1. The second-order valence-electron chi connectivity index (χ2n) is 8.08. The molecule has 0 spiro atoms. The summed E-state index contributed by atoms with van der Waals surface area (Å²) in [4.78, 5) is 0. The van der Waals surface area contributed by atoms with Crippen molar-refractivity contribution in [3.05, 3.63) is 95.1 Å². The normalized spacial score (nSPS) is 13.5. The Balaban J connectivity index is 1.52. The number of hydrogen-bond donors (Lipinski definition) is 4. The molecule has 0 bridgehead atoms. The number of aliphatic hydroxyl groups is 2. The molecular formula is C26H29F2NO4. The van der Waals surface area contributed by atoms with Gasteiger partial charge in [-0.1, -0.05) is 48.5 Å². The Morgan fingerprint density at radius 2 is 1.76 bits per heavy atom. The van der Waals surface area contributed by atoms with Crippen molar-refractivity contribution in [2.75, 3.05) is 13.2 Å². The van der Waals surface area contributed by atoms with Gasteiger partial charge in [-0.25, -0.2) is 0 Å². The van der Waals surface area contributed by atoms with Crippen LogP contribution in [0.15, 0.2) is 72.8 Å². The highest BCUT2D eigenvalue weighted by atomic mass is 19.3. The van der Waals surface area contributed by atoms with Crippen LogP contribution in [0.5, 0.6) is 11.5 Å². The van der Waals surface area contributed by atoms with E-state index in [0.717, 1.165) is 5.56 Å². The average molecular weight is 458 g/mol. The lowest BCUT2D eigenvalue weighted by molar-refractivity contribution is -0.0467. The number of benzene rings is 3. The summed E-state index contributed by atoms with van der Waals surface area (Å²) >= 11 is 0. The first-order valence-electron chi connectivity index (χ1n) is 10.8. The molecule has 176 valence electrons. The van der Waals surface area contributed by atoms with Crippen LogP contribution < -0.4 is 10.1 Å². The first kappa shape index (κ1) is 24.6. The molecule has 5 nitrogen and oxygen atoms in total. The number of halogens is 2. The number of alkyl halides is 2. The summed E-state index contributed by atoms with van der Waals surface area (Å²) in [6, 6.07) is 19.3. The van der Waals surface area contributed by atoms with E-state index in [-0.39, 0.29) is 30.5 Å². The first-order valence-corrected chi connectivity index (χ1v) is 10.8. The predicted octanol–water partition coefficient (Wildman–Crippen LogP) is 4.31. The number of aliphatic hydroxyl groups excluding tert-OH is 2. The van der Waals surface area contributed by atoms with Crippen LogP contribution in [-0.4, -0.2) is 34.5 Å². The summed E-state index contributed by atoms with van der Waals surface area (Å²) in [7, 11) is 0. The van der Waals surface area contributed by atoms with Crippen LogP contribution in [-0.2, 0) is 19.0 Å². The smallest absolute Gasteiger partial charge is 0.306 e. The number of nitrogens with one attached hydrogen (secondary N) is 1. The maximum atomic E-state index is 14.4. The van der Waals surface area contributed by atoms with E-state index < -0.39 is 18.6 Å². The molecule has 0 fully saturated rings. The van der Waals surface area contributed by atoms with Gasteiger partial charge in [-0.2, -0.15) is 8.78 Å². The third-order valence-corrected chi connectivity index (χ3v) is 5.37. The van der Waals surface area contributed by atoms with Gasteiger partial charge < -0.3 is 25.4 Å². The fourth-order valence-electron chi connectivity index (χ4n) is 3.50. The molecule has 0 heterocycles. The zero-order valence-corrected chi connectivity index (χ0v) is 18.4. The summed E-state index contributed by atoms with van der Waals surface area (Å²) in [5.74, 6) is -2.73. The minimum absolute atomic E-state index is 0.00455. The zero-order valence-electron chi connectivity index (χ0n) is 18.4. The number of hydrogen-bond acceptors (Lipinski definition) is 5. The fraction of sp³-hybridized carbons (Fsp3) is 0.308. The molecule has 0 aliphatic heterocycles. The predicted molar refractivity (Wildman–Crippen MR) is 122 cm³/mol. The molecule has 0 saturated carbocycles. The third kappa shape index (κ3) is 6.99. The van der Waals surface area contributed by atoms with E-state index in [4.69, 9.17) is 4.74 Å². The van der Waals surface area contributed by atoms with Crippen LogP contribution in [0.25, 0.3) is 0 Å². The van der Waals surface area contributed by atoms with E-state index in [2.05, 4.69) is 5.32 Å². The second kappa shape index (κ2) is 11.2. The Morgan fingerprint density at radius 3 is 2.48 bits per heavy atom. The van der Waals surface area contributed by atoms with Crippen LogP contribution >= 0.6 is 0 Å². The van der Waals surface area contributed by atoms with Crippen LogP contribution in [0.1, 0.15) is 35.3 Å². The van der Waals surface area contributed by atoms with Gasteiger partial charge in [0.2, 0.25) is 0 Å². The van der Waals surface area contributed by atoms with Crippen LogP contribution in [0.3, 0.4) is 0 Å². The molecule has 0 aliphatic carbocycles. The second-order valence-corrected chi connectivity index (χ2v) is 8.08. The van der Waals surface area contributed by atoms with Crippen molar-refractivity contribution in [3.8, 4) is 11.5 Å². The minimum Gasteiger partial charge on any atom is -0.508 e. The number of ether oxygens (including phenoxy) is 1. The average Bonchev–Trinajstić information content (AvgIpc) is 2.82. The van der Waals surface area contributed by atoms with Gasteiger partial charge in [0.25, 0.3) is 0 Å². The molecule has 0 saturated heterocycles. The fourth-order valence-corrected chi connectivity index (χ4v) is 3.50. The van der Waals surface area contributed by atoms with E-state index in [1.807, 2.05) is 13.0 Å². The van der Waals surface area contributed by atoms with Gasteiger partial charge in [0.15, 0.2) is 6.61 Å². The van der Waals surface area contributed by atoms with E-state index in [0.29, 0.717) is 23.3 Å². The molecule has 33 heavy (non-hydrogen) atoms. The molecule has 3 rings (SSSR count). The van der Waals surface area contributed by atoms with Crippen molar-refractivity contribution in [2.24, 2.45) is 0 Å². The Hall–Kier alpha value is -3.00. The van der Waals surface area contributed by atoms with Crippen LogP contribution in [0, 0.1) is 0 Å². The topological polar surface area (TPSA) is 82.0 Å². The standard InChI is InChI=1S/C26H29F2NO4/c1-18(29-15-25(32)20-10-11-24(31)21(14-20)16-30)12-19-6-5-9-23(13-19)33-17-26(27,28)22-7-3-2-4-8-22/h2-11,13-14,18,25,29-32H,12,15-17H2,1H3. The maximum Gasteiger partial charge on any atom is 0.306 e. The Labute approximate surface area is 192 Å². The molecule has 4 N–H and O–H groups in total. The summed E-state index contributed by atoms with van der Waals surface area (Å²) in [5.41, 5.74) is 1.77. The summed E-state index contributed by atoms with van der Waals surface area (Å²) < 4.78 is 34.1. The van der Waals surface area contributed by atoms with Crippen molar-refractivity contribution in [1.82, 2.24) is 5.32 Å². The lowest BCUT2D eigenvalue weighted by Gasteiger charge is -2.19. The Morgan fingerprint density at radius 1 is 1.00 bits per heavy atom. The highest BCUT2D eigenvalue weighted by molar-refractivity contribution is 5.36. The Kier molecular flexibility index (Phi) is 8.38. The van der Waals surface area contributed by atoms with Crippen LogP contribution in [0.4, 0.5) is 8.78 Å². The molecule has 2 atom stereocenters. The van der Waals surface area contributed by atoms with Crippen molar-refractivity contribution in [1.29, 1.82) is 0 Å². The summed E-state index contributed by atoms with van der Waals surface area (Å²) in [6.07, 6.45) is -0.204. The van der Waals surface area contributed by atoms with E-state index in [1.165, 1.54) is 18.2 Å². The molecule has 7 heteroatoms. The maximum absolute atomic E-state index is 14.4.